The first-order valence-electron chi connectivity index (χ1n) is 12.6. The van der Waals surface area contributed by atoms with Gasteiger partial charge in [0.05, 0.1) is 6.04 Å². The molecule has 4 aromatic carbocycles. The van der Waals surface area contributed by atoms with E-state index in [1.807, 2.05) is 60.0 Å². The zero-order valence-corrected chi connectivity index (χ0v) is 21.0. The van der Waals surface area contributed by atoms with Crippen LogP contribution in [0.4, 0.5) is 0 Å². The second kappa shape index (κ2) is 10.2. The number of fused-ring (bicyclic) bond motifs is 1. The van der Waals surface area contributed by atoms with Crippen LogP contribution in [0.2, 0.25) is 0 Å². The molecule has 0 aliphatic heterocycles. The Morgan fingerprint density at radius 1 is 0.833 bits per heavy atom. The van der Waals surface area contributed by atoms with Crippen LogP contribution in [0.25, 0.3) is 33.4 Å². The van der Waals surface area contributed by atoms with Crippen molar-refractivity contribution in [2.45, 2.75) is 39.8 Å². The van der Waals surface area contributed by atoms with Crippen molar-refractivity contribution in [1.29, 1.82) is 0 Å². The molecule has 1 aromatic heterocycles. The van der Waals surface area contributed by atoms with E-state index < -0.39 is 0 Å². The molecular weight excluding hydrogens is 442 g/mol. The number of hydrogen-bond donors (Lipinski definition) is 1. The molecule has 0 aliphatic carbocycles. The summed E-state index contributed by atoms with van der Waals surface area (Å²) in [6.07, 6.45) is 0.967. The van der Waals surface area contributed by atoms with E-state index >= 15 is 0 Å². The van der Waals surface area contributed by atoms with E-state index in [1.165, 1.54) is 5.56 Å². The number of aryl methyl sites for hydroxylation is 1. The van der Waals surface area contributed by atoms with Crippen molar-refractivity contribution in [2.75, 3.05) is 0 Å². The number of imidazole rings is 1. The van der Waals surface area contributed by atoms with Gasteiger partial charge in [-0.05, 0) is 42.2 Å². The molecule has 0 saturated heterocycles. The molecule has 0 saturated carbocycles. The van der Waals surface area contributed by atoms with Crippen LogP contribution in [0.1, 0.15) is 48.4 Å². The van der Waals surface area contributed by atoms with E-state index in [0.717, 1.165) is 39.7 Å². The summed E-state index contributed by atoms with van der Waals surface area (Å²) in [5.74, 6) is 0.678. The van der Waals surface area contributed by atoms with E-state index in [-0.39, 0.29) is 11.9 Å². The summed E-state index contributed by atoms with van der Waals surface area (Å²) >= 11 is 0. The third-order valence-electron chi connectivity index (χ3n) is 6.80. The Morgan fingerprint density at radius 2 is 1.53 bits per heavy atom. The van der Waals surface area contributed by atoms with Gasteiger partial charge in [0.25, 0.3) is 5.91 Å². The maximum absolute atomic E-state index is 13.9. The average molecular weight is 474 g/mol. The molecule has 5 rings (SSSR count). The molecule has 1 atom stereocenters. The Morgan fingerprint density at radius 3 is 2.25 bits per heavy atom. The first-order chi connectivity index (χ1) is 17.6. The SMILES string of the molecule is CCc1ccc(-c2nc(-c3ccccc3)n(CC)c2C(=O)NC(C)c2cccc3ccccc23)cc1. The highest BCUT2D eigenvalue weighted by molar-refractivity contribution is 6.00. The normalized spacial score (nSPS) is 12.0. The van der Waals surface area contributed by atoms with E-state index in [4.69, 9.17) is 4.98 Å². The second-order valence-corrected chi connectivity index (χ2v) is 9.06. The van der Waals surface area contributed by atoms with Crippen LogP contribution in [-0.4, -0.2) is 15.5 Å². The Bertz CT molecular complexity index is 1500. The van der Waals surface area contributed by atoms with E-state index in [2.05, 4.69) is 67.7 Å². The minimum Gasteiger partial charge on any atom is -0.344 e. The molecule has 4 heteroatoms. The third kappa shape index (κ3) is 4.42. The maximum atomic E-state index is 13.9. The molecule has 0 spiro atoms. The van der Waals surface area contributed by atoms with Crippen molar-refractivity contribution in [2.24, 2.45) is 0 Å². The van der Waals surface area contributed by atoms with Crippen molar-refractivity contribution in [3.63, 3.8) is 0 Å². The van der Waals surface area contributed by atoms with Gasteiger partial charge in [0.1, 0.15) is 17.2 Å². The van der Waals surface area contributed by atoms with Gasteiger partial charge in [-0.1, -0.05) is 104 Å². The zero-order chi connectivity index (χ0) is 25.1. The van der Waals surface area contributed by atoms with E-state index in [0.29, 0.717) is 17.9 Å². The lowest BCUT2D eigenvalue weighted by Gasteiger charge is -2.18. The molecule has 1 N–H and O–H groups in total. The lowest BCUT2D eigenvalue weighted by Crippen LogP contribution is -2.29. The number of nitrogens with one attached hydrogen (secondary N) is 1. The van der Waals surface area contributed by atoms with Crippen LogP contribution in [0.5, 0.6) is 0 Å². The topological polar surface area (TPSA) is 46.9 Å². The summed E-state index contributed by atoms with van der Waals surface area (Å²) in [7, 11) is 0. The summed E-state index contributed by atoms with van der Waals surface area (Å²) in [6, 6.07) is 32.8. The van der Waals surface area contributed by atoms with Crippen molar-refractivity contribution >= 4 is 16.7 Å². The first-order valence-corrected chi connectivity index (χ1v) is 12.6. The molecule has 0 aliphatic rings. The summed E-state index contributed by atoms with van der Waals surface area (Å²) in [5, 5.41) is 5.59. The molecule has 0 fully saturated rings. The van der Waals surface area contributed by atoms with Crippen LogP contribution in [0.15, 0.2) is 97.1 Å². The molecular formula is C32H31N3O. The standard InChI is InChI=1S/C32H31N3O/c1-4-23-18-20-25(21-19-23)29-30(35(5-2)31(34-29)26-13-7-6-8-14-26)32(36)33-22(3)27-17-11-15-24-12-9-10-16-28(24)27/h6-22H,4-5H2,1-3H3,(H,33,36). The van der Waals surface area contributed by atoms with Crippen molar-refractivity contribution < 1.29 is 4.79 Å². The highest BCUT2D eigenvalue weighted by Gasteiger charge is 2.25. The minimum atomic E-state index is -0.167. The molecule has 5 aromatic rings. The number of rotatable bonds is 7. The van der Waals surface area contributed by atoms with Crippen molar-refractivity contribution in [3.8, 4) is 22.6 Å². The fraction of sp³-hybridized carbons (Fsp3) is 0.188. The van der Waals surface area contributed by atoms with Crippen LogP contribution < -0.4 is 5.32 Å². The maximum Gasteiger partial charge on any atom is 0.270 e. The van der Waals surface area contributed by atoms with Gasteiger partial charge >= 0.3 is 0 Å². The Hall–Kier alpha value is -4.18. The molecule has 1 heterocycles. The average Bonchev–Trinajstić information content (AvgIpc) is 3.33. The van der Waals surface area contributed by atoms with Crippen LogP contribution in [-0.2, 0) is 13.0 Å². The van der Waals surface area contributed by atoms with Gasteiger partial charge in [0.15, 0.2) is 0 Å². The summed E-state index contributed by atoms with van der Waals surface area (Å²) in [6.45, 7) is 6.88. The van der Waals surface area contributed by atoms with Crippen LogP contribution in [0, 0.1) is 0 Å². The molecule has 1 unspecified atom stereocenters. The van der Waals surface area contributed by atoms with Gasteiger partial charge in [-0.15, -0.1) is 0 Å². The smallest absolute Gasteiger partial charge is 0.270 e. The lowest BCUT2D eigenvalue weighted by atomic mass is 9.99. The lowest BCUT2D eigenvalue weighted by molar-refractivity contribution is 0.0931. The number of carbonyl (C=O) groups is 1. The third-order valence-corrected chi connectivity index (χ3v) is 6.80. The van der Waals surface area contributed by atoms with Gasteiger partial charge in [-0.2, -0.15) is 0 Å². The Balaban J connectivity index is 1.59. The fourth-order valence-electron chi connectivity index (χ4n) is 4.87. The largest absolute Gasteiger partial charge is 0.344 e. The number of aromatic nitrogens is 2. The van der Waals surface area contributed by atoms with Crippen LogP contribution in [0.3, 0.4) is 0 Å². The molecule has 0 radical (unpaired) electrons. The number of hydrogen-bond acceptors (Lipinski definition) is 2. The van der Waals surface area contributed by atoms with Crippen molar-refractivity contribution in [3.05, 3.63) is 114 Å². The highest BCUT2D eigenvalue weighted by Crippen LogP contribution is 2.31. The highest BCUT2D eigenvalue weighted by atomic mass is 16.2. The zero-order valence-electron chi connectivity index (χ0n) is 21.0. The van der Waals surface area contributed by atoms with E-state index in [1.54, 1.807) is 0 Å². The predicted molar refractivity (Wildman–Crippen MR) is 148 cm³/mol. The van der Waals surface area contributed by atoms with Gasteiger partial charge < -0.3 is 9.88 Å². The van der Waals surface area contributed by atoms with Gasteiger partial charge in [0, 0.05) is 17.7 Å². The first kappa shape index (κ1) is 23.6. The Kier molecular flexibility index (Phi) is 6.68. The quantitative estimate of drug-likeness (QED) is 0.267. The summed E-state index contributed by atoms with van der Waals surface area (Å²) in [4.78, 5) is 19.0. The molecule has 180 valence electrons. The van der Waals surface area contributed by atoms with Crippen LogP contribution >= 0.6 is 0 Å². The van der Waals surface area contributed by atoms with Crippen molar-refractivity contribution in [1.82, 2.24) is 14.9 Å². The second-order valence-electron chi connectivity index (χ2n) is 9.06. The van der Waals surface area contributed by atoms with Gasteiger partial charge in [0.2, 0.25) is 0 Å². The number of carbonyl (C=O) groups excluding carboxylic acids is 1. The predicted octanol–water partition coefficient (Wildman–Crippen LogP) is 7.44. The number of nitrogens with zero attached hydrogens (tertiary/aromatic N) is 2. The monoisotopic (exact) mass is 473 g/mol. The number of benzene rings is 4. The minimum absolute atomic E-state index is 0.124. The van der Waals surface area contributed by atoms with E-state index in [9.17, 15) is 4.79 Å². The summed E-state index contributed by atoms with van der Waals surface area (Å²) in [5.41, 5.74) is 5.59. The van der Waals surface area contributed by atoms with Gasteiger partial charge in [-0.25, -0.2) is 4.98 Å². The number of amides is 1. The fourth-order valence-corrected chi connectivity index (χ4v) is 4.87. The Labute approximate surface area is 212 Å². The molecule has 1 amide bonds. The molecule has 36 heavy (non-hydrogen) atoms. The molecule has 0 bridgehead atoms. The summed E-state index contributed by atoms with van der Waals surface area (Å²) < 4.78 is 2.03. The molecule has 4 nitrogen and oxygen atoms in total. The van der Waals surface area contributed by atoms with Gasteiger partial charge in [-0.3, -0.25) is 4.79 Å².